The molecule has 0 aliphatic carbocycles. The zero-order valence-electron chi connectivity index (χ0n) is 18.9. The minimum atomic E-state index is -4.01. The van der Waals surface area contributed by atoms with Gasteiger partial charge in [-0.05, 0) is 0 Å². The molecule has 0 spiro atoms. The fourth-order valence-corrected chi connectivity index (χ4v) is 11.1. The molecule has 0 unspecified atom stereocenters. The number of nitrogens with one attached hydrogen (secondary N) is 1. The Hall–Kier alpha value is -2.77. The topological polar surface area (TPSA) is 189 Å². The number of benzene rings is 2. The van der Waals surface area contributed by atoms with E-state index in [9.17, 15) is 13.2 Å². The maximum atomic E-state index is 12.1. The number of hydrogen-bond donors (Lipinski definition) is 3. The molecule has 16 heteroatoms. The first-order valence-corrected chi connectivity index (χ1v) is 19.3. The van der Waals surface area contributed by atoms with E-state index in [1.807, 2.05) is 30.3 Å². The van der Waals surface area contributed by atoms with Gasteiger partial charge in [0.1, 0.15) is 0 Å². The summed E-state index contributed by atoms with van der Waals surface area (Å²) >= 11 is -0.866. The van der Waals surface area contributed by atoms with Crippen LogP contribution in [0.3, 0.4) is 0 Å². The average molecular weight is 740 g/mol. The van der Waals surface area contributed by atoms with E-state index < -0.39 is 39.2 Å². The van der Waals surface area contributed by atoms with Crippen molar-refractivity contribution >= 4 is 88.3 Å². The van der Waals surface area contributed by atoms with Crippen LogP contribution in [0.2, 0.25) is 0 Å². The number of rotatable bonds is 9. The second-order valence-electron chi connectivity index (χ2n) is 6.88. The van der Waals surface area contributed by atoms with Crippen molar-refractivity contribution in [3.8, 4) is 0 Å². The van der Waals surface area contributed by atoms with Crippen molar-refractivity contribution in [2.75, 3.05) is 5.01 Å². The molecular formula is C20H20N8O4PbS3. The number of carbonyl (C=O) groups is 1. The molecule has 0 saturated heterocycles. The third-order valence-electron chi connectivity index (χ3n) is 4.23. The summed E-state index contributed by atoms with van der Waals surface area (Å²) in [5.41, 5.74) is 12.6. The van der Waals surface area contributed by atoms with Crippen molar-refractivity contribution in [2.24, 2.45) is 30.6 Å². The van der Waals surface area contributed by atoms with E-state index in [4.69, 9.17) is 19.6 Å². The van der Waals surface area contributed by atoms with Crippen LogP contribution in [0.1, 0.15) is 13.8 Å². The van der Waals surface area contributed by atoms with Crippen LogP contribution < -0.4 is 16.5 Å². The normalized spacial score (nSPS) is 15.1. The standard InChI is InChI=1S/C18H18N8O2S3.C2H4O2.Pb/c1-11-15(16(19)26(23-11)13-5-3-2-4-6-13)17(29)30-25-22-12-7-9-14(10-8-12)31(27,28)24-18(20)21;1-2(3)4;/h2-10,19,29H,1H3,(H4,20,21,24);1H3,(H,3,4);/q;;+2/p-2/b17-15-,19-16?,25-22?;;. The first kappa shape index (κ1) is 27.8. The Bertz CT molecular complexity index is 1370. The Balaban J connectivity index is 1.83. The summed E-state index contributed by atoms with van der Waals surface area (Å²) in [6.45, 7) is 3.14. The summed E-state index contributed by atoms with van der Waals surface area (Å²) in [4.78, 5) is 11.2. The van der Waals surface area contributed by atoms with E-state index in [0.29, 0.717) is 21.2 Å². The Morgan fingerprint density at radius 2 is 1.81 bits per heavy atom. The van der Waals surface area contributed by atoms with E-state index in [1.54, 1.807) is 6.92 Å². The van der Waals surface area contributed by atoms with Gasteiger partial charge in [0.25, 0.3) is 0 Å². The molecule has 186 valence electrons. The number of amidine groups is 1. The number of para-hydroxylation sites is 1. The average Bonchev–Trinajstić information content (AvgIpc) is 3.11. The summed E-state index contributed by atoms with van der Waals surface area (Å²) in [5.74, 6) is -0.742. The van der Waals surface area contributed by atoms with Crippen molar-refractivity contribution < 1.29 is 15.9 Å². The predicted octanol–water partition coefficient (Wildman–Crippen LogP) is 3.30. The van der Waals surface area contributed by atoms with E-state index in [0.717, 1.165) is 17.6 Å². The van der Waals surface area contributed by atoms with Crippen molar-refractivity contribution in [3.63, 3.8) is 0 Å². The molecule has 5 N–H and O–H groups in total. The van der Waals surface area contributed by atoms with Gasteiger partial charge in [-0.3, -0.25) is 0 Å². The SMILES string of the molecule is CC(=O)[O][Pb][S]/C(SN=Nc1ccc(S(=O)(=O)N=C(N)N)cc1)=C1/C(=N)N(c2ccccc2)N=C1C. The third-order valence-corrected chi connectivity index (χ3v) is 14.3. The van der Waals surface area contributed by atoms with E-state index >= 15 is 0 Å². The van der Waals surface area contributed by atoms with Gasteiger partial charge in [0.15, 0.2) is 0 Å². The monoisotopic (exact) mass is 740 g/mol. The molecule has 1 heterocycles. The molecule has 2 radical (unpaired) electrons. The number of carbonyl (C=O) groups excluding carboxylic acids is 1. The molecule has 2 aromatic carbocycles. The summed E-state index contributed by atoms with van der Waals surface area (Å²) in [7, 11) is -2.63. The summed E-state index contributed by atoms with van der Waals surface area (Å²) in [6.07, 6.45) is 0. The molecule has 12 nitrogen and oxygen atoms in total. The zero-order valence-corrected chi connectivity index (χ0v) is 25.3. The first-order valence-electron chi connectivity index (χ1n) is 9.95. The van der Waals surface area contributed by atoms with Crippen LogP contribution in [0, 0.1) is 5.41 Å². The van der Waals surface area contributed by atoms with Gasteiger partial charge in [-0.1, -0.05) is 0 Å². The number of hydrazone groups is 1. The van der Waals surface area contributed by atoms with Gasteiger partial charge >= 0.3 is 217 Å². The van der Waals surface area contributed by atoms with Crippen molar-refractivity contribution in [3.05, 3.63) is 64.4 Å². The molecule has 1 aliphatic rings. The quantitative estimate of drug-likeness (QED) is 0.114. The molecular weight excluding hydrogens is 720 g/mol. The number of nitrogens with zero attached hydrogens (tertiary/aromatic N) is 5. The van der Waals surface area contributed by atoms with Gasteiger partial charge in [-0.2, -0.15) is 0 Å². The molecule has 0 amide bonds. The maximum absolute atomic E-state index is 12.1. The molecule has 0 aromatic heterocycles. The number of hydrogen-bond acceptors (Lipinski definition) is 10. The molecule has 0 bridgehead atoms. The van der Waals surface area contributed by atoms with Crippen molar-refractivity contribution in [2.45, 2.75) is 18.7 Å². The van der Waals surface area contributed by atoms with Crippen LogP contribution in [0.15, 0.2) is 88.4 Å². The van der Waals surface area contributed by atoms with Crippen LogP contribution in [0.4, 0.5) is 11.4 Å². The van der Waals surface area contributed by atoms with Gasteiger partial charge in [0.05, 0.1) is 0 Å². The van der Waals surface area contributed by atoms with Crippen molar-refractivity contribution in [1.29, 1.82) is 5.41 Å². The first-order chi connectivity index (χ1) is 17.1. The fourth-order valence-electron chi connectivity index (χ4n) is 2.74. The van der Waals surface area contributed by atoms with Crippen LogP contribution in [-0.2, 0) is 17.5 Å². The second kappa shape index (κ2) is 12.5. The Morgan fingerprint density at radius 3 is 2.42 bits per heavy atom. The molecule has 2 aromatic rings. The predicted molar refractivity (Wildman–Crippen MR) is 143 cm³/mol. The molecule has 0 saturated carbocycles. The summed E-state index contributed by atoms with van der Waals surface area (Å²) in [5, 5.41) is 18.8. The van der Waals surface area contributed by atoms with E-state index in [2.05, 4.69) is 19.1 Å². The molecule has 36 heavy (non-hydrogen) atoms. The number of anilines is 1. The van der Waals surface area contributed by atoms with Crippen LogP contribution in [-0.4, -0.2) is 55.1 Å². The van der Waals surface area contributed by atoms with Crippen LogP contribution in [0.25, 0.3) is 0 Å². The van der Waals surface area contributed by atoms with Crippen LogP contribution in [0.5, 0.6) is 0 Å². The fraction of sp³-hybridized carbons (Fsp3) is 0.100. The van der Waals surface area contributed by atoms with E-state index in [1.165, 1.54) is 44.5 Å². The van der Waals surface area contributed by atoms with E-state index in [-0.39, 0.29) is 16.7 Å². The summed E-state index contributed by atoms with van der Waals surface area (Å²) in [6, 6.07) is 14.8. The summed E-state index contributed by atoms with van der Waals surface area (Å²) < 4.78 is 37.4. The molecule has 0 fully saturated rings. The number of guanidine groups is 1. The minimum absolute atomic E-state index is 0.0945. The van der Waals surface area contributed by atoms with Gasteiger partial charge in [-0.15, -0.1) is 0 Å². The Labute approximate surface area is 227 Å². The Morgan fingerprint density at radius 1 is 1.14 bits per heavy atom. The number of sulfonamides is 1. The number of nitrogens with two attached hydrogens (primary N) is 2. The molecule has 1 aliphatic heterocycles. The van der Waals surface area contributed by atoms with Gasteiger partial charge in [-0.25, -0.2) is 0 Å². The zero-order chi connectivity index (χ0) is 26.3. The van der Waals surface area contributed by atoms with Gasteiger partial charge in [0.2, 0.25) is 0 Å². The van der Waals surface area contributed by atoms with Crippen LogP contribution >= 0.6 is 20.3 Å². The Kier molecular flexibility index (Phi) is 9.63. The molecule has 3 rings (SSSR count). The van der Waals surface area contributed by atoms with Gasteiger partial charge < -0.3 is 11.5 Å². The second-order valence-corrected chi connectivity index (χ2v) is 15.4. The third kappa shape index (κ3) is 7.37. The van der Waals surface area contributed by atoms with Crippen molar-refractivity contribution in [1.82, 2.24) is 0 Å². The van der Waals surface area contributed by atoms with Gasteiger partial charge in [0, 0.05) is 0 Å². The molecule has 0 atom stereocenters.